The van der Waals surface area contributed by atoms with E-state index in [1.165, 1.54) is 60.4 Å². The predicted molar refractivity (Wildman–Crippen MR) is 76.3 cm³/mol. The summed E-state index contributed by atoms with van der Waals surface area (Å²) in [6.07, 6.45) is 4.06. The van der Waals surface area contributed by atoms with Gasteiger partial charge in [0.05, 0.1) is 0 Å². The molecule has 1 aromatic rings. The molecule has 0 saturated carbocycles. The second kappa shape index (κ2) is 4.99. The highest BCUT2D eigenvalue weighted by molar-refractivity contribution is 5.72. The van der Waals surface area contributed by atoms with Gasteiger partial charge in [-0.15, -0.1) is 0 Å². The summed E-state index contributed by atoms with van der Waals surface area (Å²) in [7, 11) is 2.02. The molecule has 0 bridgehead atoms. The van der Waals surface area contributed by atoms with Crippen LogP contribution >= 0.6 is 0 Å². The van der Waals surface area contributed by atoms with Gasteiger partial charge in [-0.3, -0.25) is 0 Å². The van der Waals surface area contributed by atoms with Crippen LogP contribution in [0.3, 0.4) is 0 Å². The van der Waals surface area contributed by atoms with E-state index in [0.29, 0.717) is 0 Å². The van der Waals surface area contributed by atoms with Crippen molar-refractivity contribution < 1.29 is 0 Å². The molecule has 1 saturated heterocycles. The lowest BCUT2D eigenvalue weighted by Crippen LogP contribution is -2.30. The highest BCUT2D eigenvalue weighted by Crippen LogP contribution is 2.34. The first-order valence-electron chi connectivity index (χ1n) is 6.68. The van der Waals surface area contributed by atoms with Crippen LogP contribution in [0.4, 0.5) is 11.4 Å². The summed E-state index contributed by atoms with van der Waals surface area (Å²) in [6, 6.07) is 2.31. The quantitative estimate of drug-likeness (QED) is 0.837. The van der Waals surface area contributed by atoms with Gasteiger partial charge >= 0.3 is 0 Å². The summed E-state index contributed by atoms with van der Waals surface area (Å²) < 4.78 is 0. The number of nitrogens with zero attached hydrogens (tertiary/aromatic N) is 1. The number of hydrogen-bond donors (Lipinski definition) is 1. The molecule has 1 N–H and O–H groups in total. The van der Waals surface area contributed by atoms with Crippen molar-refractivity contribution in [3.05, 3.63) is 22.8 Å². The van der Waals surface area contributed by atoms with Crippen molar-refractivity contribution in [3.8, 4) is 0 Å². The minimum atomic E-state index is 1.22. The SMILES string of the molecule is CNc1c(C)cc(C)c(N2CCCCC2)c1C. The molecule has 0 amide bonds. The molecule has 2 nitrogen and oxygen atoms in total. The number of aryl methyl sites for hydroxylation is 2. The second-order valence-corrected chi connectivity index (χ2v) is 5.16. The number of nitrogens with one attached hydrogen (secondary N) is 1. The lowest BCUT2D eigenvalue weighted by Gasteiger charge is -2.32. The largest absolute Gasteiger partial charge is 0.388 e. The van der Waals surface area contributed by atoms with Gasteiger partial charge < -0.3 is 10.2 Å². The third-order valence-electron chi connectivity index (χ3n) is 3.85. The van der Waals surface area contributed by atoms with Crippen LogP contribution in [0.1, 0.15) is 36.0 Å². The summed E-state index contributed by atoms with van der Waals surface area (Å²) >= 11 is 0. The molecule has 2 rings (SSSR count). The number of piperidine rings is 1. The molecule has 17 heavy (non-hydrogen) atoms. The van der Waals surface area contributed by atoms with Crippen molar-refractivity contribution in [2.75, 3.05) is 30.4 Å². The average molecular weight is 232 g/mol. The van der Waals surface area contributed by atoms with Crippen LogP contribution in [0, 0.1) is 20.8 Å². The number of anilines is 2. The van der Waals surface area contributed by atoms with E-state index in [1.54, 1.807) is 0 Å². The fraction of sp³-hybridized carbons (Fsp3) is 0.600. The molecule has 1 aliphatic rings. The molecule has 1 fully saturated rings. The lowest BCUT2D eigenvalue weighted by molar-refractivity contribution is 0.576. The van der Waals surface area contributed by atoms with E-state index in [-0.39, 0.29) is 0 Å². The van der Waals surface area contributed by atoms with Crippen molar-refractivity contribution in [1.82, 2.24) is 0 Å². The average Bonchev–Trinajstić information content (AvgIpc) is 2.30. The van der Waals surface area contributed by atoms with Crippen LogP contribution in [-0.2, 0) is 0 Å². The summed E-state index contributed by atoms with van der Waals surface area (Å²) in [4.78, 5) is 2.56. The molecule has 0 aliphatic carbocycles. The molecule has 1 aromatic carbocycles. The summed E-state index contributed by atoms with van der Waals surface area (Å²) in [5, 5.41) is 3.34. The molecular formula is C15H24N2. The summed E-state index contributed by atoms with van der Waals surface area (Å²) in [5.41, 5.74) is 6.94. The maximum Gasteiger partial charge on any atom is 0.0446 e. The Hall–Kier alpha value is -1.18. The minimum absolute atomic E-state index is 1.22. The number of benzene rings is 1. The van der Waals surface area contributed by atoms with Crippen molar-refractivity contribution in [2.24, 2.45) is 0 Å². The van der Waals surface area contributed by atoms with Crippen LogP contribution in [0.25, 0.3) is 0 Å². The van der Waals surface area contributed by atoms with Crippen LogP contribution in [0.15, 0.2) is 6.07 Å². The van der Waals surface area contributed by atoms with E-state index in [2.05, 4.69) is 37.1 Å². The lowest BCUT2D eigenvalue weighted by atomic mass is 9.99. The van der Waals surface area contributed by atoms with Gasteiger partial charge in [-0.1, -0.05) is 6.07 Å². The first-order valence-corrected chi connectivity index (χ1v) is 6.68. The van der Waals surface area contributed by atoms with Gasteiger partial charge in [0.25, 0.3) is 0 Å². The number of hydrogen-bond acceptors (Lipinski definition) is 2. The second-order valence-electron chi connectivity index (χ2n) is 5.16. The summed E-state index contributed by atoms with van der Waals surface area (Å²) in [6.45, 7) is 9.10. The number of rotatable bonds is 2. The zero-order chi connectivity index (χ0) is 12.4. The highest BCUT2D eigenvalue weighted by Gasteiger charge is 2.17. The van der Waals surface area contributed by atoms with Gasteiger partial charge in [-0.2, -0.15) is 0 Å². The van der Waals surface area contributed by atoms with Crippen LogP contribution in [0.2, 0.25) is 0 Å². The molecule has 94 valence electrons. The fourth-order valence-corrected chi connectivity index (χ4v) is 3.16. The maximum atomic E-state index is 3.34. The molecule has 0 aromatic heterocycles. The minimum Gasteiger partial charge on any atom is -0.388 e. The van der Waals surface area contributed by atoms with Gasteiger partial charge in [0.15, 0.2) is 0 Å². The van der Waals surface area contributed by atoms with Crippen molar-refractivity contribution in [3.63, 3.8) is 0 Å². The Morgan fingerprint density at radius 1 is 1.00 bits per heavy atom. The van der Waals surface area contributed by atoms with Gasteiger partial charge in [-0.05, 0) is 56.7 Å². The Labute approximate surface area is 105 Å². The zero-order valence-electron chi connectivity index (χ0n) is 11.6. The van der Waals surface area contributed by atoms with E-state index < -0.39 is 0 Å². The third kappa shape index (κ3) is 2.26. The monoisotopic (exact) mass is 232 g/mol. The first kappa shape index (κ1) is 12.3. The molecule has 0 spiro atoms. The van der Waals surface area contributed by atoms with E-state index in [0.717, 1.165) is 0 Å². The van der Waals surface area contributed by atoms with Crippen molar-refractivity contribution in [2.45, 2.75) is 40.0 Å². The standard InChI is InChI=1S/C15H24N2/c1-11-10-12(2)15(13(3)14(11)16-4)17-8-6-5-7-9-17/h10,16H,5-9H2,1-4H3. The van der Waals surface area contributed by atoms with Crippen molar-refractivity contribution >= 4 is 11.4 Å². The van der Waals surface area contributed by atoms with Gasteiger partial charge in [0.2, 0.25) is 0 Å². The molecular weight excluding hydrogens is 208 g/mol. The Balaban J connectivity index is 2.44. The molecule has 0 atom stereocenters. The van der Waals surface area contributed by atoms with Crippen molar-refractivity contribution in [1.29, 1.82) is 0 Å². The van der Waals surface area contributed by atoms with Crippen LogP contribution in [-0.4, -0.2) is 20.1 Å². The Morgan fingerprint density at radius 3 is 2.24 bits per heavy atom. The van der Waals surface area contributed by atoms with Gasteiger partial charge in [0.1, 0.15) is 0 Å². The Bertz CT molecular complexity index is 404. The normalized spacial score (nSPS) is 16.1. The van der Waals surface area contributed by atoms with E-state index in [4.69, 9.17) is 0 Å². The predicted octanol–water partition coefficient (Wildman–Crippen LogP) is 3.64. The highest BCUT2D eigenvalue weighted by atomic mass is 15.1. The molecule has 2 heteroatoms. The summed E-state index contributed by atoms with van der Waals surface area (Å²) in [5.74, 6) is 0. The molecule has 0 radical (unpaired) electrons. The zero-order valence-corrected chi connectivity index (χ0v) is 11.6. The molecule has 1 heterocycles. The third-order valence-corrected chi connectivity index (χ3v) is 3.85. The smallest absolute Gasteiger partial charge is 0.0446 e. The topological polar surface area (TPSA) is 15.3 Å². The van der Waals surface area contributed by atoms with E-state index in [1.807, 2.05) is 7.05 Å². The Morgan fingerprint density at radius 2 is 1.65 bits per heavy atom. The maximum absolute atomic E-state index is 3.34. The van der Waals surface area contributed by atoms with Crippen LogP contribution < -0.4 is 10.2 Å². The van der Waals surface area contributed by atoms with Crippen LogP contribution in [0.5, 0.6) is 0 Å². The fourth-order valence-electron chi connectivity index (χ4n) is 3.16. The van der Waals surface area contributed by atoms with E-state index in [9.17, 15) is 0 Å². The Kier molecular flexibility index (Phi) is 3.60. The van der Waals surface area contributed by atoms with E-state index >= 15 is 0 Å². The van der Waals surface area contributed by atoms with Gasteiger partial charge in [0, 0.05) is 31.5 Å². The van der Waals surface area contributed by atoms with Gasteiger partial charge in [-0.25, -0.2) is 0 Å². The first-order chi connectivity index (χ1) is 8.15. The molecule has 0 unspecified atom stereocenters. The molecule has 1 aliphatic heterocycles.